The number of esters is 1. The van der Waals surface area contributed by atoms with Crippen LogP contribution in [0.5, 0.6) is 0 Å². The number of ether oxygens (including phenoxy) is 1. The van der Waals surface area contributed by atoms with Crippen LogP contribution in [0.2, 0.25) is 0 Å². The molecule has 0 aromatic heterocycles. The van der Waals surface area contributed by atoms with Gasteiger partial charge in [0.05, 0.1) is 18.3 Å². The lowest BCUT2D eigenvalue weighted by atomic mass is 9.99. The molecule has 1 aliphatic rings. The van der Waals surface area contributed by atoms with E-state index in [9.17, 15) is 20.1 Å². The molecule has 0 fully saturated rings. The van der Waals surface area contributed by atoms with Crippen molar-refractivity contribution in [1.29, 1.82) is 0 Å². The smallest absolute Gasteiger partial charge is 0.330 e. The van der Waals surface area contributed by atoms with E-state index in [1.165, 1.54) is 12.2 Å². The van der Waals surface area contributed by atoms with Crippen LogP contribution in [-0.4, -0.2) is 45.7 Å². The molecule has 3 N–H and O–H groups in total. The molecule has 1 unspecified atom stereocenters. The third-order valence-electron chi connectivity index (χ3n) is 4.31. The Labute approximate surface area is 139 Å². The fourth-order valence-corrected chi connectivity index (χ4v) is 2.86. The van der Waals surface area contributed by atoms with Crippen molar-refractivity contribution in [2.45, 2.75) is 95.5 Å². The number of hydrogen-bond donors (Lipinski definition) is 3. The molecule has 0 saturated heterocycles. The van der Waals surface area contributed by atoms with Crippen LogP contribution in [0.15, 0.2) is 12.2 Å². The van der Waals surface area contributed by atoms with Crippen LogP contribution in [0.3, 0.4) is 0 Å². The third kappa shape index (κ3) is 9.08. The van der Waals surface area contributed by atoms with Gasteiger partial charge in [-0.05, 0) is 38.2 Å². The van der Waals surface area contributed by atoms with Gasteiger partial charge in [-0.15, -0.1) is 0 Å². The van der Waals surface area contributed by atoms with Gasteiger partial charge in [0.1, 0.15) is 6.10 Å². The lowest BCUT2D eigenvalue weighted by Gasteiger charge is -2.20. The Morgan fingerprint density at radius 1 is 1.13 bits per heavy atom. The molecule has 4 atom stereocenters. The van der Waals surface area contributed by atoms with Crippen LogP contribution < -0.4 is 0 Å². The molecule has 1 heterocycles. The Bertz CT molecular complexity index is 355. The molecule has 134 valence electrons. The maximum atomic E-state index is 11.9. The number of aliphatic hydroxyl groups is 3. The first-order valence-corrected chi connectivity index (χ1v) is 8.96. The first-order chi connectivity index (χ1) is 11.0. The predicted molar refractivity (Wildman–Crippen MR) is 88.9 cm³/mol. The highest BCUT2D eigenvalue weighted by molar-refractivity contribution is 5.82. The molecule has 23 heavy (non-hydrogen) atoms. The van der Waals surface area contributed by atoms with E-state index in [0.29, 0.717) is 6.42 Å². The van der Waals surface area contributed by atoms with Crippen molar-refractivity contribution in [3.05, 3.63) is 12.2 Å². The molecule has 0 spiro atoms. The molecule has 0 radical (unpaired) electrons. The van der Waals surface area contributed by atoms with Gasteiger partial charge in [0.25, 0.3) is 0 Å². The maximum absolute atomic E-state index is 11.9. The summed E-state index contributed by atoms with van der Waals surface area (Å²) in [6, 6.07) is 0. The quantitative estimate of drug-likeness (QED) is 0.545. The fraction of sp³-hybridized carbons (Fsp3) is 0.833. The van der Waals surface area contributed by atoms with Crippen LogP contribution in [0.25, 0.3) is 0 Å². The Balaban J connectivity index is 2.63. The second-order valence-corrected chi connectivity index (χ2v) is 6.50. The van der Waals surface area contributed by atoms with E-state index in [-0.39, 0.29) is 12.5 Å². The monoisotopic (exact) mass is 328 g/mol. The Morgan fingerprint density at radius 2 is 1.87 bits per heavy atom. The number of cyclic esters (lactones) is 1. The van der Waals surface area contributed by atoms with E-state index in [1.807, 2.05) is 0 Å². The molecular formula is C18H32O5. The molecule has 1 aliphatic heterocycles. The second-order valence-electron chi connectivity index (χ2n) is 6.50. The number of unbranched alkanes of at least 4 members (excludes halogenated alkanes) is 2. The minimum absolute atomic E-state index is 0.0892. The van der Waals surface area contributed by atoms with E-state index in [2.05, 4.69) is 6.92 Å². The van der Waals surface area contributed by atoms with Crippen molar-refractivity contribution in [1.82, 2.24) is 0 Å². The van der Waals surface area contributed by atoms with E-state index < -0.39 is 24.3 Å². The van der Waals surface area contributed by atoms with Crippen molar-refractivity contribution in [2.24, 2.45) is 0 Å². The topological polar surface area (TPSA) is 87.0 Å². The Morgan fingerprint density at radius 3 is 2.61 bits per heavy atom. The van der Waals surface area contributed by atoms with Crippen molar-refractivity contribution in [2.75, 3.05) is 0 Å². The van der Waals surface area contributed by atoms with Gasteiger partial charge < -0.3 is 20.1 Å². The Kier molecular flexibility index (Phi) is 10.2. The van der Waals surface area contributed by atoms with Crippen LogP contribution in [0, 0.1) is 0 Å². The minimum Gasteiger partial charge on any atom is -0.459 e. The first kappa shape index (κ1) is 20.1. The van der Waals surface area contributed by atoms with Crippen molar-refractivity contribution >= 4 is 5.97 Å². The first-order valence-electron chi connectivity index (χ1n) is 8.96. The molecule has 0 saturated carbocycles. The molecule has 0 aromatic rings. The summed E-state index contributed by atoms with van der Waals surface area (Å²) >= 11 is 0. The predicted octanol–water partition coefficient (Wildman–Crippen LogP) is 2.47. The van der Waals surface area contributed by atoms with Gasteiger partial charge in [-0.1, -0.05) is 32.6 Å². The average Bonchev–Trinajstić information content (AvgIpc) is 2.51. The molecule has 0 aliphatic carbocycles. The average molecular weight is 328 g/mol. The third-order valence-corrected chi connectivity index (χ3v) is 4.31. The van der Waals surface area contributed by atoms with Gasteiger partial charge in [-0.2, -0.15) is 0 Å². The van der Waals surface area contributed by atoms with Gasteiger partial charge >= 0.3 is 5.97 Å². The van der Waals surface area contributed by atoms with Crippen molar-refractivity contribution in [3.8, 4) is 0 Å². The SMILES string of the molecule is CCCCCC1CCCCC[C@@H](O)C[C@H](O)[C@@H](O)/C=C/C(=O)O1. The highest BCUT2D eigenvalue weighted by atomic mass is 16.5. The minimum atomic E-state index is -1.17. The molecule has 5 nitrogen and oxygen atoms in total. The second kappa shape index (κ2) is 11.6. The van der Waals surface area contributed by atoms with Gasteiger partial charge in [0, 0.05) is 12.5 Å². The zero-order chi connectivity index (χ0) is 17.1. The summed E-state index contributed by atoms with van der Waals surface area (Å²) in [4.78, 5) is 11.9. The molecule has 0 amide bonds. The highest BCUT2D eigenvalue weighted by Gasteiger charge is 2.19. The maximum Gasteiger partial charge on any atom is 0.330 e. The van der Waals surface area contributed by atoms with Crippen molar-refractivity contribution < 1.29 is 24.9 Å². The Hall–Kier alpha value is -0.910. The van der Waals surface area contributed by atoms with Crippen LogP contribution in [-0.2, 0) is 9.53 Å². The lowest BCUT2D eigenvalue weighted by molar-refractivity contribution is -0.143. The largest absolute Gasteiger partial charge is 0.459 e. The molecular weight excluding hydrogens is 296 g/mol. The lowest BCUT2D eigenvalue weighted by Crippen LogP contribution is -2.29. The van der Waals surface area contributed by atoms with Crippen LogP contribution in [0.4, 0.5) is 0 Å². The standard InChI is InChI=1S/C18H32O5/c1-2-3-5-9-15-10-7-4-6-8-14(19)13-17(21)16(20)11-12-18(22)23-15/h11-12,14-17,19-21H,2-10,13H2,1H3/b12-11+/t14-,15?,16+,17+/m1/s1. The van der Waals surface area contributed by atoms with Crippen molar-refractivity contribution in [3.63, 3.8) is 0 Å². The van der Waals surface area contributed by atoms with E-state index >= 15 is 0 Å². The highest BCUT2D eigenvalue weighted by Crippen LogP contribution is 2.18. The molecule has 0 bridgehead atoms. The van der Waals surface area contributed by atoms with E-state index in [4.69, 9.17) is 4.74 Å². The summed E-state index contributed by atoms with van der Waals surface area (Å²) in [5.41, 5.74) is 0. The normalized spacial score (nSPS) is 32.8. The summed E-state index contributed by atoms with van der Waals surface area (Å²) < 4.78 is 5.48. The summed E-state index contributed by atoms with van der Waals surface area (Å²) in [6.45, 7) is 2.14. The summed E-state index contributed by atoms with van der Waals surface area (Å²) in [6.07, 6.45) is 8.00. The summed E-state index contributed by atoms with van der Waals surface area (Å²) in [7, 11) is 0. The van der Waals surface area contributed by atoms with Crippen LogP contribution >= 0.6 is 0 Å². The van der Waals surface area contributed by atoms with Gasteiger partial charge in [-0.3, -0.25) is 0 Å². The zero-order valence-corrected chi connectivity index (χ0v) is 14.2. The number of aliphatic hydroxyl groups excluding tert-OH is 3. The molecule has 1 rings (SSSR count). The van der Waals surface area contributed by atoms with Gasteiger partial charge in [0.15, 0.2) is 0 Å². The number of carbonyl (C=O) groups is 1. The van der Waals surface area contributed by atoms with E-state index in [0.717, 1.165) is 51.4 Å². The zero-order valence-electron chi connectivity index (χ0n) is 14.2. The number of rotatable bonds is 4. The van der Waals surface area contributed by atoms with Crippen LogP contribution in [0.1, 0.15) is 71.1 Å². The number of hydrogen-bond acceptors (Lipinski definition) is 5. The van der Waals surface area contributed by atoms with Gasteiger partial charge in [-0.25, -0.2) is 4.79 Å². The molecule has 5 heteroatoms. The summed E-state index contributed by atoms with van der Waals surface area (Å²) in [5.74, 6) is -0.477. The van der Waals surface area contributed by atoms with Gasteiger partial charge in [0.2, 0.25) is 0 Å². The van der Waals surface area contributed by atoms with E-state index in [1.54, 1.807) is 0 Å². The molecule has 0 aromatic carbocycles. The fourth-order valence-electron chi connectivity index (χ4n) is 2.86. The summed E-state index contributed by atoms with van der Waals surface area (Å²) in [5, 5.41) is 29.5. The number of carbonyl (C=O) groups excluding carboxylic acids is 1.